The normalized spacial score (nSPS) is 13.7. The summed E-state index contributed by atoms with van der Waals surface area (Å²) >= 11 is 1.63. The Bertz CT molecular complexity index is 975. The smallest absolute Gasteiger partial charge is 0.322 e. The number of carbonyl (C=O) groups is 1. The van der Waals surface area contributed by atoms with Crippen molar-refractivity contribution in [2.75, 3.05) is 13.7 Å². The highest BCUT2D eigenvalue weighted by Crippen LogP contribution is 2.43. The lowest BCUT2D eigenvalue weighted by atomic mass is 9.83. The van der Waals surface area contributed by atoms with E-state index in [4.69, 9.17) is 9.47 Å². The van der Waals surface area contributed by atoms with Gasteiger partial charge in [0, 0.05) is 4.90 Å². The molecule has 0 aliphatic carbocycles. The van der Waals surface area contributed by atoms with Gasteiger partial charge in [-0.3, -0.25) is 4.79 Å². The molecule has 2 rings (SSSR count). The van der Waals surface area contributed by atoms with E-state index in [1.165, 1.54) is 23.8 Å². The van der Waals surface area contributed by atoms with Gasteiger partial charge in [-0.15, -0.1) is 11.8 Å². The van der Waals surface area contributed by atoms with Crippen LogP contribution in [0.25, 0.3) is 0 Å². The van der Waals surface area contributed by atoms with Crippen LogP contribution < -0.4 is 0 Å². The highest BCUT2D eigenvalue weighted by molar-refractivity contribution is 8.01. The standard InChI is InChI=1S/C32H44O3S/c1-26(2)14-13-15-27(3)20-21-32(30(33)34-6,36-29-18-11-8-12-19-29)23-22-31(4,5)25-35-24-28-16-9-7-10-17-28/h7-12,14,16-20H,13,15,21-25H2,1-6H3/b27-20+. The zero-order valence-electron chi connectivity index (χ0n) is 23.0. The van der Waals surface area contributed by atoms with Gasteiger partial charge in [-0.1, -0.05) is 85.7 Å². The summed E-state index contributed by atoms with van der Waals surface area (Å²) in [4.78, 5) is 14.4. The molecule has 0 amide bonds. The zero-order valence-corrected chi connectivity index (χ0v) is 23.8. The van der Waals surface area contributed by atoms with Crippen molar-refractivity contribution in [1.82, 2.24) is 0 Å². The number of hydrogen-bond donors (Lipinski definition) is 0. The molecule has 0 aliphatic heterocycles. The second kappa shape index (κ2) is 15.1. The Morgan fingerprint density at radius 3 is 2.17 bits per heavy atom. The molecule has 0 saturated heterocycles. The lowest BCUT2D eigenvalue weighted by Gasteiger charge is -2.34. The molecule has 0 N–H and O–H groups in total. The summed E-state index contributed by atoms with van der Waals surface area (Å²) in [5, 5.41) is 0. The first-order chi connectivity index (χ1) is 17.2. The molecule has 4 heteroatoms. The largest absolute Gasteiger partial charge is 0.468 e. The predicted molar refractivity (Wildman–Crippen MR) is 153 cm³/mol. The van der Waals surface area contributed by atoms with E-state index < -0.39 is 4.75 Å². The number of thioether (sulfide) groups is 1. The van der Waals surface area contributed by atoms with Crippen molar-refractivity contribution in [3.8, 4) is 0 Å². The average Bonchev–Trinajstić information content (AvgIpc) is 2.86. The second-order valence-electron chi connectivity index (χ2n) is 10.6. The minimum atomic E-state index is -0.690. The molecule has 1 unspecified atom stereocenters. The first-order valence-corrected chi connectivity index (χ1v) is 13.7. The Balaban J connectivity index is 2.17. The number of methoxy groups -OCH3 is 1. The van der Waals surface area contributed by atoms with Crippen LogP contribution in [0.4, 0.5) is 0 Å². The van der Waals surface area contributed by atoms with Crippen LogP contribution in [-0.2, 0) is 20.9 Å². The highest BCUT2D eigenvalue weighted by Gasteiger charge is 2.41. The molecular weight excluding hydrogens is 464 g/mol. The Hall–Kier alpha value is -2.30. The molecule has 0 spiro atoms. The Kier molecular flexibility index (Phi) is 12.5. The number of allylic oxidation sites excluding steroid dienone is 4. The third-order valence-corrected chi connectivity index (χ3v) is 7.73. The van der Waals surface area contributed by atoms with Gasteiger partial charge < -0.3 is 9.47 Å². The van der Waals surface area contributed by atoms with E-state index >= 15 is 0 Å². The minimum absolute atomic E-state index is 0.0759. The van der Waals surface area contributed by atoms with E-state index in [0.29, 0.717) is 26.1 Å². The Morgan fingerprint density at radius 2 is 1.56 bits per heavy atom. The van der Waals surface area contributed by atoms with Gasteiger partial charge in [0.1, 0.15) is 4.75 Å². The van der Waals surface area contributed by atoms with Crippen LogP contribution in [0.3, 0.4) is 0 Å². The molecule has 1 atom stereocenters. The van der Waals surface area contributed by atoms with E-state index in [9.17, 15) is 4.79 Å². The first-order valence-electron chi connectivity index (χ1n) is 12.9. The molecule has 0 heterocycles. The van der Waals surface area contributed by atoms with Crippen molar-refractivity contribution < 1.29 is 14.3 Å². The number of ether oxygens (including phenoxy) is 2. The molecule has 0 bridgehead atoms. The number of esters is 1. The molecule has 0 saturated carbocycles. The van der Waals surface area contributed by atoms with Gasteiger partial charge in [0.2, 0.25) is 0 Å². The predicted octanol–water partition coefficient (Wildman–Crippen LogP) is 8.80. The summed E-state index contributed by atoms with van der Waals surface area (Å²) in [6.45, 7) is 12.1. The van der Waals surface area contributed by atoms with Crippen LogP contribution in [-0.4, -0.2) is 24.4 Å². The maximum absolute atomic E-state index is 13.4. The molecule has 2 aromatic rings. The quantitative estimate of drug-likeness (QED) is 0.137. The third-order valence-electron chi connectivity index (χ3n) is 6.30. The fourth-order valence-electron chi connectivity index (χ4n) is 3.98. The molecule has 2 aromatic carbocycles. The fraction of sp³-hybridized carbons (Fsp3) is 0.469. The maximum Gasteiger partial charge on any atom is 0.322 e. The van der Waals surface area contributed by atoms with E-state index in [1.807, 2.05) is 36.4 Å². The molecular formula is C32H44O3S. The van der Waals surface area contributed by atoms with Gasteiger partial charge in [0.15, 0.2) is 0 Å². The van der Waals surface area contributed by atoms with Gasteiger partial charge in [0.05, 0.1) is 20.3 Å². The summed E-state index contributed by atoms with van der Waals surface area (Å²) in [7, 11) is 1.50. The van der Waals surface area contributed by atoms with Gasteiger partial charge in [0.25, 0.3) is 0 Å². The lowest BCUT2D eigenvalue weighted by molar-refractivity contribution is -0.143. The number of rotatable bonds is 15. The van der Waals surface area contributed by atoms with E-state index in [2.05, 4.69) is 71.0 Å². The zero-order chi connectivity index (χ0) is 26.4. The third kappa shape index (κ3) is 10.8. The van der Waals surface area contributed by atoms with E-state index in [-0.39, 0.29) is 11.4 Å². The van der Waals surface area contributed by atoms with Gasteiger partial charge in [-0.05, 0) is 76.0 Å². The Labute approximate surface area is 223 Å². The molecule has 0 aliphatic rings. The van der Waals surface area contributed by atoms with Gasteiger partial charge >= 0.3 is 5.97 Å². The van der Waals surface area contributed by atoms with Crippen molar-refractivity contribution >= 4 is 17.7 Å². The van der Waals surface area contributed by atoms with Crippen LogP contribution in [0.5, 0.6) is 0 Å². The molecule has 0 fully saturated rings. The van der Waals surface area contributed by atoms with E-state index in [0.717, 1.165) is 24.2 Å². The molecule has 36 heavy (non-hydrogen) atoms. The van der Waals surface area contributed by atoms with Crippen molar-refractivity contribution in [1.29, 1.82) is 0 Å². The minimum Gasteiger partial charge on any atom is -0.468 e. The lowest BCUT2D eigenvalue weighted by Crippen LogP contribution is -2.38. The van der Waals surface area contributed by atoms with Gasteiger partial charge in [-0.2, -0.15) is 0 Å². The summed E-state index contributed by atoms with van der Waals surface area (Å²) in [6.07, 6.45) is 8.72. The number of benzene rings is 2. The molecule has 196 valence electrons. The monoisotopic (exact) mass is 508 g/mol. The SMILES string of the molecule is COC(=O)C(C/C=C(\C)CCC=C(C)C)(CCC(C)(C)COCc1ccccc1)Sc1ccccc1. The van der Waals surface area contributed by atoms with Crippen molar-refractivity contribution in [3.63, 3.8) is 0 Å². The summed E-state index contributed by atoms with van der Waals surface area (Å²) in [6, 6.07) is 20.4. The van der Waals surface area contributed by atoms with Crippen molar-refractivity contribution in [2.24, 2.45) is 5.41 Å². The Morgan fingerprint density at radius 1 is 0.917 bits per heavy atom. The van der Waals surface area contributed by atoms with Crippen LogP contribution in [0, 0.1) is 5.41 Å². The summed E-state index contributed by atoms with van der Waals surface area (Å²) in [5.41, 5.74) is 3.74. The summed E-state index contributed by atoms with van der Waals surface area (Å²) < 4.78 is 10.8. The number of carbonyl (C=O) groups excluding carboxylic acids is 1. The average molecular weight is 509 g/mol. The van der Waals surface area contributed by atoms with Crippen molar-refractivity contribution in [2.45, 2.75) is 83.0 Å². The maximum atomic E-state index is 13.4. The van der Waals surface area contributed by atoms with Gasteiger partial charge in [-0.25, -0.2) is 0 Å². The summed E-state index contributed by atoms with van der Waals surface area (Å²) in [5.74, 6) is -0.161. The molecule has 0 aromatic heterocycles. The first kappa shape index (κ1) is 29.9. The number of hydrogen-bond acceptors (Lipinski definition) is 4. The van der Waals surface area contributed by atoms with Crippen molar-refractivity contribution in [3.05, 3.63) is 89.5 Å². The molecule has 0 radical (unpaired) electrons. The highest BCUT2D eigenvalue weighted by atomic mass is 32.2. The molecule has 3 nitrogen and oxygen atoms in total. The van der Waals surface area contributed by atoms with E-state index in [1.54, 1.807) is 11.8 Å². The van der Waals surface area contributed by atoms with Crippen LogP contribution in [0.1, 0.15) is 72.3 Å². The van der Waals surface area contributed by atoms with Crippen LogP contribution in [0.2, 0.25) is 0 Å². The topological polar surface area (TPSA) is 35.5 Å². The van der Waals surface area contributed by atoms with Crippen LogP contribution >= 0.6 is 11.8 Å². The second-order valence-corrected chi connectivity index (χ2v) is 12.1. The fourth-order valence-corrected chi connectivity index (χ4v) is 5.27. The van der Waals surface area contributed by atoms with Crippen LogP contribution in [0.15, 0.2) is 88.9 Å².